The van der Waals surface area contributed by atoms with Gasteiger partial charge in [-0.25, -0.2) is 8.78 Å². The van der Waals surface area contributed by atoms with Crippen LogP contribution in [0.25, 0.3) is 44.8 Å². The van der Waals surface area contributed by atoms with E-state index in [-0.39, 0.29) is 66.0 Å². The Morgan fingerprint density at radius 3 is 0.973 bits per heavy atom. The van der Waals surface area contributed by atoms with Crippen LogP contribution < -0.4 is 19.6 Å². The van der Waals surface area contributed by atoms with Gasteiger partial charge >= 0.3 is 0 Å². The van der Waals surface area contributed by atoms with Gasteiger partial charge in [0.15, 0.2) is 23.1 Å². The van der Waals surface area contributed by atoms with Gasteiger partial charge in [-0.3, -0.25) is 72.0 Å². The predicted octanol–water partition coefficient (Wildman–Crippen LogP) is 14.6. The van der Waals surface area contributed by atoms with E-state index < -0.39 is 11.6 Å². The fraction of sp³-hybridized carbons (Fsp3) is 0.253. The first-order chi connectivity index (χ1) is 53.5. The van der Waals surface area contributed by atoms with Gasteiger partial charge in [0.05, 0.1) is 36.2 Å². The van der Waals surface area contributed by atoms with Crippen LogP contribution in [0.15, 0.2) is 202 Å². The largest absolute Gasteiger partial charge is 0.316 e. The van der Waals surface area contributed by atoms with Crippen LogP contribution in [0.3, 0.4) is 0 Å². The second-order valence-corrected chi connectivity index (χ2v) is 26.9. The third-order valence-corrected chi connectivity index (χ3v) is 18.7. The molecule has 0 fully saturated rings. The zero-order valence-corrected chi connectivity index (χ0v) is 65.4. The second-order valence-electron chi connectivity index (χ2n) is 26.9. The number of Topliss-reactive ketones (excluding diaryl/α,β-unsaturated/α-hetero) is 4. The maximum absolute atomic E-state index is 14.6. The van der Waals surface area contributed by atoms with Crippen LogP contribution in [0.2, 0.25) is 0 Å². The van der Waals surface area contributed by atoms with Crippen molar-refractivity contribution in [3.05, 3.63) is 269 Å². The molecule has 12 rings (SSSR count). The SMILES string of the molecule is CCC(=O)N(C)c1ccc(-c2ccc(C(=O)Cc3cnn(C)c3)cc2)c(F)c1.CCC(=O)N(C)c1ccc(-c2ccc(C(=O)Cc3cnn(C)c3)cn2)c(C)c1.CCC(=O)N(C)c1ccc(-c2ccc(C(=O)Cc3cnn(C)c3)cn2)c(F)c1.CCC(=O)N(C)c1ccc(-c2ccc(C(=O)Cc3cnn(C)c3)nc2)c(C)c1. The molecule has 0 unspecified atom stereocenters. The number of anilines is 4. The summed E-state index contributed by atoms with van der Waals surface area (Å²) in [4.78, 5) is 116. The van der Waals surface area contributed by atoms with Crippen molar-refractivity contribution in [2.45, 2.75) is 92.9 Å². The maximum atomic E-state index is 14.6. The van der Waals surface area contributed by atoms with E-state index >= 15 is 0 Å². The molecule has 0 aliphatic rings. The Morgan fingerprint density at radius 2 is 0.652 bits per heavy atom. The first-order valence-electron chi connectivity index (χ1n) is 36.4. The van der Waals surface area contributed by atoms with Gasteiger partial charge in [-0.05, 0) is 149 Å². The summed E-state index contributed by atoms with van der Waals surface area (Å²) >= 11 is 0. The van der Waals surface area contributed by atoms with Crippen molar-refractivity contribution in [2.75, 3.05) is 47.8 Å². The number of aromatic nitrogens is 11. The Bertz CT molecular complexity index is 4690. The molecule has 4 amide bonds. The lowest BCUT2D eigenvalue weighted by Crippen LogP contribution is -2.25. The number of hydrogen-bond acceptors (Lipinski definition) is 15. The molecule has 0 N–H and O–H groups in total. The zero-order valence-electron chi connectivity index (χ0n) is 65.4. The smallest absolute Gasteiger partial charge is 0.226 e. The van der Waals surface area contributed by atoms with Crippen molar-refractivity contribution < 1.29 is 47.1 Å². The van der Waals surface area contributed by atoms with Crippen LogP contribution in [-0.4, -0.2) is 129 Å². The summed E-state index contributed by atoms with van der Waals surface area (Å²) in [5.74, 6) is -1.04. The molecule has 0 radical (unpaired) electrons. The molecule has 23 nitrogen and oxygen atoms in total. The van der Waals surface area contributed by atoms with E-state index in [0.29, 0.717) is 88.2 Å². The maximum Gasteiger partial charge on any atom is 0.226 e. The monoisotopic (exact) mass is 1510 g/mol. The van der Waals surface area contributed by atoms with Crippen LogP contribution in [0, 0.1) is 25.5 Å². The number of aryl methyl sites for hydroxylation is 6. The van der Waals surface area contributed by atoms with E-state index in [1.165, 1.54) is 28.1 Å². The van der Waals surface area contributed by atoms with Crippen LogP contribution in [-0.2, 0) is 73.1 Å². The summed E-state index contributed by atoms with van der Waals surface area (Å²) in [6, 6.07) is 38.5. The van der Waals surface area contributed by atoms with Gasteiger partial charge in [-0.2, -0.15) is 20.4 Å². The van der Waals surface area contributed by atoms with Crippen LogP contribution in [0.4, 0.5) is 31.5 Å². The van der Waals surface area contributed by atoms with Gasteiger partial charge in [0, 0.05) is 213 Å². The Morgan fingerprint density at radius 1 is 0.330 bits per heavy atom. The summed E-state index contributed by atoms with van der Waals surface area (Å²) in [6.45, 7) is 11.2. The summed E-state index contributed by atoms with van der Waals surface area (Å²) < 4.78 is 35.8. The van der Waals surface area contributed by atoms with Crippen molar-refractivity contribution in [3.8, 4) is 44.8 Å². The van der Waals surface area contributed by atoms with Gasteiger partial charge in [0.2, 0.25) is 23.6 Å². The average Bonchev–Trinajstić information content (AvgIpc) is 1.78. The molecule has 7 heterocycles. The number of amides is 4. The molecular weight excluding hydrogens is 1420 g/mol. The second kappa shape index (κ2) is 38.2. The number of benzene rings is 5. The minimum absolute atomic E-state index is 0.0128. The van der Waals surface area contributed by atoms with Gasteiger partial charge in [0.25, 0.3) is 0 Å². The molecule has 0 aliphatic carbocycles. The Kier molecular flexibility index (Phi) is 28.3. The van der Waals surface area contributed by atoms with E-state index in [9.17, 15) is 47.1 Å². The first kappa shape index (κ1) is 82.9. The van der Waals surface area contributed by atoms with Crippen molar-refractivity contribution in [1.29, 1.82) is 0 Å². The Labute approximate surface area is 650 Å². The number of carbonyl (C=O) groups excluding carboxylic acids is 8. The number of pyridine rings is 3. The average molecular weight is 1510 g/mol. The van der Waals surface area contributed by atoms with Gasteiger partial charge < -0.3 is 19.6 Å². The third-order valence-electron chi connectivity index (χ3n) is 18.7. The lowest BCUT2D eigenvalue weighted by atomic mass is 9.99. The quantitative estimate of drug-likeness (QED) is 0.0509. The first-order valence-corrected chi connectivity index (χ1v) is 36.4. The minimum Gasteiger partial charge on any atom is -0.316 e. The fourth-order valence-electron chi connectivity index (χ4n) is 12.1. The summed E-state index contributed by atoms with van der Waals surface area (Å²) in [5, 5.41) is 16.3. The molecule has 0 saturated carbocycles. The van der Waals surface area contributed by atoms with Crippen molar-refractivity contribution >= 4 is 69.5 Å². The highest BCUT2D eigenvalue weighted by Gasteiger charge is 2.20. The topological polar surface area (TPSA) is 259 Å². The minimum atomic E-state index is -0.477. The molecule has 5 aromatic carbocycles. The van der Waals surface area contributed by atoms with Gasteiger partial charge in [-0.1, -0.05) is 70.2 Å². The zero-order chi connectivity index (χ0) is 81.0. The highest BCUT2D eigenvalue weighted by atomic mass is 19.1. The molecule has 0 atom stereocenters. The van der Waals surface area contributed by atoms with E-state index in [2.05, 4.69) is 35.3 Å². The summed E-state index contributed by atoms with van der Waals surface area (Å²) in [6.07, 6.45) is 21.5. The summed E-state index contributed by atoms with van der Waals surface area (Å²) in [5.41, 5.74) is 15.8. The fourth-order valence-corrected chi connectivity index (χ4v) is 12.1. The Hall–Kier alpha value is -13.2. The van der Waals surface area contributed by atoms with E-state index in [1.807, 2.05) is 109 Å². The van der Waals surface area contributed by atoms with Crippen molar-refractivity contribution in [3.63, 3.8) is 0 Å². The predicted molar refractivity (Wildman–Crippen MR) is 430 cm³/mol. The number of rotatable bonds is 24. The van der Waals surface area contributed by atoms with Crippen molar-refractivity contribution in [2.24, 2.45) is 28.2 Å². The molecule has 7 aromatic heterocycles. The molecule has 25 heteroatoms. The molecule has 0 bridgehead atoms. The highest BCUT2D eigenvalue weighted by Crippen LogP contribution is 2.32. The lowest BCUT2D eigenvalue weighted by Gasteiger charge is -2.18. The highest BCUT2D eigenvalue weighted by molar-refractivity contribution is 6.00. The lowest BCUT2D eigenvalue weighted by molar-refractivity contribution is -0.118. The number of carbonyl (C=O) groups is 8. The molecule has 112 heavy (non-hydrogen) atoms. The van der Waals surface area contributed by atoms with E-state index in [1.54, 1.807) is 201 Å². The molecule has 12 aromatic rings. The van der Waals surface area contributed by atoms with Gasteiger partial charge in [-0.15, -0.1) is 0 Å². The van der Waals surface area contributed by atoms with E-state index in [4.69, 9.17) is 0 Å². The molecule has 0 spiro atoms. The molecule has 0 saturated heterocycles. The van der Waals surface area contributed by atoms with Crippen LogP contribution in [0.5, 0.6) is 0 Å². The number of ketones is 4. The third kappa shape index (κ3) is 21.6. The van der Waals surface area contributed by atoms with Crippen LogP contribution in [0.1, 0.15) is 128 Å². The number of hydrogen-bond donors (Lipinski definition) is 0. The number of nitrogens with zero attached hydrogens (tertiary/aromatic N) is 15. The molecule has 0 aliphatic heterocycles. The number of halogens is 2. The normalized spacial score (nSPS) is 10.7. The molecular formula is C87H91F2N15O8. The van der Waals surface area contributed by atoms with Gasteiger partial charge in [0.1, 0.15) is 17.3 Å². The van der Waals surface area contributed by atoms with Crippen LogP contribution >= 0.6 is 0 Å². The summed E-state index contributed by atoms with van der Waals surface area (Å²) in [7, 11) is 14.0. The standard InChI is InChI=1S/C22H22FN3O2.2C22H24N4O2.C21H21FN4O2/c1-4-22(28)26(3)18-9-10-19(20(23)12-18)16-5-7-17(8-6-16)21(27)11-15-13-24-25(2)14-15;1-5-22(28)26(4)18-7-8-19(15(2)10-18)20-9-6-17(13-23-20)21(27)11-16-12-24-25(3)14-16;1-5-22(28)26(4)18-7-8-19(15(2)10-18)17-6-9-20(23-13-17)21(27)11-16-12-24-25(3)14-16;1-4-21(28)26(3)16-6-7-17(18(22)10-16)19-8-5-15(12-23-19)20(27)9-14-11-24-25(2)13-14/h5-10,12-14H,4,11H2,1-3H3;2*6-10,12-14H,5,11H2,1-4H3;5-8,10-13H,4,9H2,1-3H3. The molecule has 576 valence electrons. The van der Waals surface area contributed by atoms with E-state index in [0.717, 1.165) is 67.1 Å². The van der Waals surface area contributed by atoms with Crippen molar-refractivity contribution in [1.82, 2.24) is 54.1 Å². The Balaban J connectivity index is 0.000000171.